The van der Waals surface area contributed by atoms with E-state index in [1.165, 1.54) is 0 Å². The lowest BCUT2D eigenvalue weighted by molar-refractivity contribution is 0.0380. The third kappa shape index (κ3) is 3.10. The maximum atomic E-state index is 11.5. The van der Waals surface area contributed by atoms with Gasteiger partial charge in [0, 0.05) is 11.0 Å². The van der Waals surface area contributed by atoms with E-state index in [9.17, 15) is 4.79 Å². The lowest BCUT2D eigenvalue weighted by Gasteiger charge is -2.39. The molecule has 112 valence electrons. The van der Waals surface area contributed by atoms with Crippen molar-refractivity contribution >= 4 is 18.5 Å². The molecule has 0 saturated carbocycles. The minimum Gasteiger partial charge on any atom is -0.497 e. The molecule has 1 aromatic carbocycles. The van der Waals surface area contributed by atoms with Crippen LogP contribution in [0.15, 0.2) is 18.2 Å². The second kappa shape index (κ2) is 6.22. The van der Waals surface area contributed by atoms with Crippen molar-refractivity contribution in [2.45, 2.75) is 19.9 Å². The first-order valence-corrected chi connectivity index (χ1v) is 6.13. The summed E-state index contributed by atoms with van der Waals surface area (Å²) in [7, 11) is 3.22. The number of carbonyl (C=O) groups excluding carboxylic acids is 1. The predicted molar refractivity (Wildman–Crippen MR) is 77.8 cm³/mol. The lowest BCUT2D eigenvalue weighted by Crippen LogP contribution is -2.47. The summed E-state index contributed by atoms with van der Waals surface area (Å²) in [6.07, 6.45) is -0.408. The second-order valence-corrected chi connectivity index (χ2v) is 5.25. The Balaban J connectivity index is 0.00000200. The fourth-order valence-electron chi connectivity index (χ4n) is 2.25. The van der Waals surface area contributed by atoms with Crippen LogP contribution in [0.3, 0.4) is 0 Å². The molecule has 1 fully saturated rings. The molecule has 0 unspecified atom stereocenters. The zero-order chi connectivity index (χ0) is 14.0. The van der Waals surface area contributed by atoms with E-state index in [2.05, 4.69) is 5.32 Å². The Morgan fingerprint density at radius 2 is 2.00 bits per heavy atom. The van der Waals surface area contributed by atoms with E-state index in [-0.39, 0.29) is 23.9 Å². The van der Waals surface area contributed by atoms with Crippen molar-refractivity contribution in [1.82, 2.24) is 5.32 Å². The molecule has 1 aliphatic rings. The van der Waals surface area contributed by atoms with Gasteiger partial charge in [-0.15, -0.1) is 12.4 Å². The van der Waals surface area contributed by atoms with Crippen molar-refractivity contribution in [2.24, 2.45) is 5.41 Å². The van der Waals surface area contributed by atoms with Crippen molar-refractivity contribution in [1.29, 1.82) is 0 Å². The van der Waals surface area contributed by atoms with Crippen LogP contribution in [0.5, 0.6) is 11.5 Å². The standard InChI is InChI=1S/C14H19NO4.ClH/c1-14(2)8-19-13(16)15-12(14)10-7-9(17-3)5-6-11(10)18-4;/h5-7,12H,8H2,1-4H3,(H,15,16);1H/t12-;/m1./s1. The topological polar surface area (TPSA) is 56.8 Å². The van der Waals surface area contributed by atoms with E-state index in [4.69, 9.17) is 14.2 Å². The number of methoxy groups -OCH3 is 2. The Morgan fingerprint density at radius 1 is 1.30 bits per heavy atom. The zero-order valence-corrected chi connectivity index (χ0v) is 12.9. The van der Waals surface area contributed by atoms with Crippen molar-refractivity contribution in [3.8, 4) is 11.5 Å². The molecule has 0 radical (unpaired) electrons. The molecule has 2 rings (SSSR count). The van der Waals surface area contributed by atoms with Crippen LogP contribution in [0.2, 0.25) is 0 Å². The van der Waals surface area contributed by atoms with E-state index in [0.29, 0.717) is 6.61 Å². The van der Waals surface area contributed by atoms with Crippen LogP contribution in [0.25, 0.3) is 0 Å². The quantitative estimate of drug-likeness (QED) is 0.932. The van der Waals surface area contributed by atoms with Gasteiger partial charge in [0.2, 0.25) is 0 Å². The molecular formula is C14H20ClNO4. The van der Waals surface area contributed by atoms with Gasteiger partial charge < -0.3 is 19.5 Å². The molecule has 1 amide bonds. The number of ether oxygens (including phenoxy) is 3. The first-order chi connectivity index (χ1) is 8.97. The number of halogens is 1. The molecule has 0 spiro atoms. The van der Waals surface area contributed by atoms with Gasteiger partial charge in [-0.3, -0.25) is 0 Å². The van der Waals surface area contributed by atoms with E-state index in [1.54, 1.807) is 14.2 Å². The number of hydrogen-bond acceptors (Lipinski definition) is 4. The summed E-state index contributed by atoms with van der Waals surface area (Å²) in [4.78, 5) is 11.5. The van der Waals surface area contributed by atoms with Crippen molar-refractivity contribution < 1.29 is 19.0 Å². The SMILES string of the molecule is COc1ccc(OC)c([C@H]2NC(=O)OCC2(C)C)c1.Cl. The Morgan fingerprint density at radius 3 is 2.60 bits per heavy atom. The molecule has 20 heavy (non-hydrogen) atoms. The molecular weight excluding hydrogens is 282 g/mol. The largest absolute Gasteiger partial charge is 0.497 e. The molecule has 1 heterocycles. The van der Waals surface area contributed by atoms with Crippen LogP contribution in [0, 0.1) is 5.41 Å². The van der Waals surface area contributed by atoms with Crippen LogP contribution in [-0.4, -0.2) is 26.9 Å². The average molecular weight is 302 g/mol. The zero-order valence-electron chi connectivity index (χ0n) is 12.1. The maximum absolute atomic E-state index is 11.5. The van der Waals surface area contributed by atoms with E-state index in [0.717, 1.165) is 17.1 Å². The van der Waals surface area contributed by atoms with Crippen molar-refractivity contribution in [2.75, 3.05) is 20.8 Å². The minimum atomic E-state index is -0.408. The third-order valence-electron chi connectivity index (χ3n) is 3.37. The number of nitrogens with one attached hydrogen (secondary N) is 1. The van der Waals surface area contributed by atoms with Gasteiger partial charge in [-0.2, -0.15) is 0 Å². The highest BCUT2D eigenvalue weighted by atomic mass is 35.5. The molecule has 1 atom stereocenters. The Hall–Kier alpha value is -1.62. The molecule has 1 saturated heterocycles. The number of carbonyl (C=O) groups is 1. The monoisotopic (exact) mass is 301 g/mol. The molecule has 1 aliphatic heterocycles. The summed E-state index contributed by atoms with van der Waals surface area (Å²) in [6.45, 7) is 4.44. The molecule has 0 aliphatic carbocycles. The summed E-state index contributed by atoms with van der Waals surface area (Å²) in [5, 5.41) is 2.85. The maximum Gasteiger partial charge on any atom is 0.407 e. The molecule has 1 N–H and O–H groups in total. The van der Waals surface area contributed by atoms with Gasteiger partial charge in [0.25, 0.3) is 0 Å². The minimum absolute atomic E-state index is 0. The van der Waals surface area contributed by atoms with Gasteiger partial charge in [-0.1, -0.05) is 13.8 Å². The fraction of sp³-hybridized carbons (Fsp3) is 0.500. The Kier molecular flexibility index (Phi) is 5.11. The Bertz CT molecular complexity index is 490. The number of amides is 1. The molecule has 0 aromatic heterocycles. The van der Waals surface area contributed by atoms with Crippen LogP contribution >= 0.6 is 12.4 Å². The summed E-state index contributed by atoms with van der Waals surface area (Å²) in [5.41, 5.74) is 0.664. The predicted octanol–water partition coefficient (Wildman–Crippen LogP) is 2.93. The smallest absolute Gasteiger partial charge is 0.407 e. The number of benzene rings is 1. The summed E-state index contributed by atoms with van der Waals surface area (Å²) in [5.74, 6) is 1.45. The van der Waals surface area contributed by atoms with Gasteiger partial charge >= 0.3 is 6.09 Å². The normalized spacial score (nSPS) is 20.2. The molecule has 5 nitrogen and oxygen atoms in total. The van der Waals surface area contributed by atoms with Crippen LogP contribution in [0.1, 0.15) is 25.5 Å². The van der Waals surface area contributed by atoms with Gasteiger partial charge in [0.1, 0.15) is 18.1 Å². The second-order valence-electron chi connectivity index (χ2n) is 5.25. The number of rotatable bonds is 3. The number of cyclic esters (lactones) is 1. The summed E-state index contributed by atoms with van der Waals surface area (Å²) in [6, 6.07) is 5.37. The van der Waals surface area contributed by atoms with Gasteiger partial charge in [0.05, 0.1) is 20.3 Å². The van der Waals surface area contributed by atoms with E-state index >= 15 is 0 Å². The van der Waals surface area contributed by atoms with Crippen LogP contribution in [0.4, 0.5) is 4.79 Å². The highest BCUT2D eigenvalue weighted by Gasteiger charge is 2.39. The summed E-state index contributed by atoms with van der Waals surface area (Å²) < 4.78 is 15.7. The van der Waals surface area contributed by atoms with E-state index < -0.39 is 6.09 Å². The molecule has 0 bridgehead atoms. The first kappa shape index (κ1) is 16.4. The van der Waals surface area contributed by atoms with Crippen molar-refractivity contribution in [3.63, 3.8) is 0 Å². The van der Waals surface area contributed by atoms with Crippen molar-refractivity contribution in [3.05, 3.63) is 23.8 Å². The molecule has 1 aromatic rings. The number of alkyl carbamates (subject to hydrolysis) is 1. The highest BCUT2D eigenvalue weighted by Crippen LogP contribution is 2.41. The van der Waals surface area contributed by atoms with Gasteiger partial charge in [-0.05, 0) is 18.2 Å². The van der Waals surface area contributed by atoms with Crippen LogP contribution < -0.4 is 14.8 Å². The van der Waals surface area contributed by atoms with Gasteiger partial charge in [-0.25, -0.2) is 4.79 Å². The Labute approximate surface area is 125 Å². The summed E-state index contributed by atoms with van der Waals surface area (Å²) >= 11 is 0. The third-order valence-corrected chi connectivity index (χ3v) is 3.37. The lowest BCUT2D eigenvalue weighted by atomic mass is 9.80. The average Bonchev–Trinajstić information content (AvgIpc) is 2.41. The van der Waals surface area contributed by atoms with Crippen LogP contribution in [-0.2, 0) is 4.74 Å². The number of hydrogen-bond donors (Lipinski definition) is 1. The van der Waals surface area contributed by atoms with Gasteiger partial charge in [0.15, 0.2) is 0 Å². The fourth-order valence-corrected chi connectivity index (χ4v) is 2.25. The molecule has 6 heteroatoms. The first-order valence-electron chi connectivity index (χ1n) is 6.13. The van der Waals surface area contributed by atoms with E-state index in [1.807, 2.05) is 32.0 Å². The highest BCUT2D eigenvalue weighted by molar-refractivity contribution is 5.85.